The third-order valence-electron chi connectivity index (χ3n) is 5.46. The molecule has 0 saturated heterocycles. The van der Waals surface area contributed by atoms with Crippen LogP contribution in [0.3, 0.4) is 0 Å². The number of hydrogen-bond acceptors (Lipinski definition) is 1. The van der Waals surface area contributed by atoms with Gasteiger partial charge in [0.15, 0.2) is 0 Å². The number of fused-ring (bicyclic) bond motifs is 6. The molecular weight excluding hydrogens is 208 g/mol. The van der Waals surface area contributed by atoms with Crippen LogP contribution in [0.4, 0.5) is 0 Å². The second-order valence-corrected chi connectivity index (χ2v) is 6.15. The molecule has 2 nitrogen and oxygen atoms in total. The summed E-state index contributed by atoms with van der Waals surface area (Å²) >= 11 is 0. The fourth-order valence-electron chi connectivity index (χ4n) is 4.82. The predicted octanol–water partition coefficient (Wildman–Crippen LogP) is 3.32. The zero-order valence-electron chi connectivity index (χ0n) is 9.76. The summed E-state index contributed by atoms with van der Waals surface area (Å²) in [4.78, 5) is 8.34. The van der Waals surface area contributed by atoms with Crippen molar-refractivity contribution in [3.8, 4) is 0 Å². The molecule has 3 aliphatic rings. The Labute approximate surface area is 100 Å². The van der Waals surface area contributed by atoms with Crippen molar-refractivity contribution in [2.24, 2.45) is 23.7 Å². The van der Waals surface area contributed by atoms with Crippen LogP contribution < -0.4 is 0 Å². The second kappa shape index (κ2) is 2.74. The summed E-state index contributed by atoms with van der Waals surface area (Å²) in [6, 6.07) is 8.41. The van der Waals surface area contributed by atoms with Crippen LogP contribution in [0.2, 0.25) is 0 Å². The van der Waals surface area contributed by atoms with Crippen molar-refractivity contribution in [2.45, 2.75) is 25.2 Å². The molecule has 0 radical (unpaired) electrons. The summed E-state index contributed by atoms with van der Waals surface area (Å²) < 4.78 is 0. The topological polar surface area (TPSA) is 28.7 Å². The van der Waals surface area contributed by atoms with Crippen molar-refractivity contribution in [1.82, 2.24) is 9.97 Å². The van der Waals surface area contributed by atoms with Gasteiger partial charge in [0.25, 0.3) is 0 Å². The van der Waals surface area contributed by atoms with Crippen LogP contribution in [0.25, 0.3) is 11.0 Å². The molecule has 4 atom stereocenters. The Morgan fingerprint density at radius 3 is 2.59 bits per heavy atom. The monoisotopic (exact) mass is 224 g/mol. The highest BCUT2D eigenvalue weighted by Gasteiger charge is 2.66. The van der Waals surface area contributed by atoms with Crippen LogP contribution in [0, 0.1) is 23.7 Å². The maximum atomic E-state index is 4.80. The minimum absolute atomic E-state index is 0.772. The summed E-state index contributed by atoms with van der Waals surface area (Å²) in [5, 5.41) is 0. The Bertz CT molecular complexity index is 551. The van der Waals surface area contributed by atoms with Crippen molar-refractivity contribution < 1.29 is 0 Å². The maximum Gasteiger partial charge on any atom is 0.110 e. The molecule has 1 N–H and O–H groups in total. The van der Waals surface area contributed by atoms with Crippen LogP contribution in [0.5, 0.6) is 0 Å². The Hall–Kier alpha value is -1.31. The van der Waals surface area contributed by atoms with Crippen LogP contribution in [0.1, 0.15) is 31.0 Å². The van der Waals surface area contributed by atoms with Crippen LogP contribution >= 0.6 is 0 Å². The average molecular weight is 224 g/mol. The molecule has 4 unspecified atom stereocenters. The standard InChI is InChI=1S/C15H16N2/c1-2-4-11-10(3-1)16-15(17-11)14-12-8-5-6-9(7-8)13(12)14/h1-4,8-9,12-14H,5-7H2,(H,16,17). The number of hydrogen-bond donors (Lipinski definition) is 1. The van der Waals surface area contributed by atoms with E-state index in [4.69, 9.17) is 4.98 Å². The third kappa shape index (κ3) is 0.998. The lowest BCUT2D eigenvalue weighted by atomic mass is 10.0. The molecule has 86 valence electrons. The molecule has 1 aromatic heterocycles. The SMILES string of the molecule is c1ccc2[nH]c(C3C4C5CCC(C5)C34)nc2c1. The molecule has 0 spiro atoms. The number of para-hydroxylation sites is 2. The highest BCUT2D eigenvalue weighted by atomic mass is 15.0. The van der Waals surface area contributed by atoms with Gasteiger partial charge in [0, 0.05) is 5.92 Å². The first kappa shape index (κ1) is 8.73. The molecule has 3 aliphatic carbocycles. The first-order valence-corrected chi connectivity index (χ1v) is 6.86. The molecule has 1 aromatic carbocycles. The lowest BCUT2D eigenvalue weighted by molar-refractivity contribution is 0.456. The van der Waals surface area contributed by atoms with E-state index in [0.717, 1.165) is 35.1 Å². The lowest BCUT2D eigenvalue weighted by Crippen LogP contribution is -1.98. The Morgan fingerprint density at radius 2 is 1.82 bits per heavy atom. The van der Waals surface area contributed by atoms with Gasteiger partial charge in [-0.25, -0.2) is 4.98 Å². The van der Waals surface area contributed by atoms with Crippen molar-refractivity contribution in [2.75, 3.05) is 0 Å². The fraction of sp³-hybridized carbons (Fsp3) is 0.533. The van der Waals surface area contributed by atoms with Crippen molar-refractivity contribution in [3.05, 3.63) is 30.1 Å². The minimum Gasteiger partial charge on any atom is -0.342 e. The number of aromatic amines is 1. The zero-order valence-corrected chi connectivity index (χ0v) is 9.76. The average Bonchev–Trinajstić information content (AvgIpc) is 2.74. The highest BCUT2D eigenvalue weighted by Crippen LogP contribution is 2.72. The van der Waals surface area contributed by atoms with E-state index < -0.39 is 0 Å². The molecular formula is C15H16N2. The summed E-state index contributed by atoms with van der Waals surface area (Å²) in [6.07, 6.45) is 4.50. The molecule has 2 aromatic rings. The number of imidazole rings is 1. The van der Waals surface area contributed by atoms with Gasteiger partial charge in [-0.3, -0.25) is 0 Å². The molecule has 2 heteroatoms. The van der Waals surface area contributed by atoms with E-state index in [9.17, 15) is 0 Å². The molecule has 3 saturated carbocycles. The van der Waals surface area contributed by atoms with Gasteiger partial charge in [-0.1, -0.05) is 12.1 Å². The smallest absolute Gasteiger partial charge is 0.110 e. The van der Waals surface area contributed by atoms with Gasteiger partial charge in [-0.05, 0) is 55.1 Å². The zero-order chi connectivity index (χ0) is 11.0. The molecule has 0 aliphatic heterocycles. The lowest BCUT2D eigenvalue weighted by Gasteiger charge is -2.05. The molecule has 3 fully saturated rings. The summed E-state index contributed by atoms with van der Waals surface area (Å²) in [6.45, 7) is 0. The normalized spacial score (nSPS) is 42.0. The largest absolute Gasteiger partial charge is 0.342 e. The molecule has 17 heavy (non-hydrogen) atoms. The van der Waals surface area contributed by atoms with Gasteiger partial charge >= 0.3 is 0 Å². The van der Waals surface area contributed by atoms with E-state index in [0.29, 0.717) is 0 Å². The van der Waals surface area contributed by atoms with Gasteiger partial charge in [-0.2, -0.15) is 0 Å². The van der Waals surface area contributed by atoms with Crippen LogP contribution in [0.15, 0.2) is 24.3 Å². The van der Waals surface area contributed by atoms with Gasteiger partial charge in [-0.15, -0.1) is 0 Å². The summed E-state index contributed by atoms with van der Waals surface area (Å²) in [5.41, 5.74) is 2.35. The Balaban J connectivity index is 1.57. The summed E-state index contributed by atoms with van der Waals surface area (Å²) in [5.74, 6) is 6.07. The second-order valence-electron chi connectivity index (χ2n) is 6.15. The number of nitrogens with zero attached hydrogens (tertiary/aromatic N) is 1. The molecule has 0 amide bonds. The van der Waals surface area contributed by atoms with Crippen molar-refractivity contribution in [3.63, 3.8) is 0 Å². The Morgan fingerprint density at radius 1 is 1.06 bits per heavy atom. The number of aromatic nitrogens is 2. The van der Waals surface area contributed by atoms with Crippen LogP contribution in [-0.4, -0.2) is 9.97 Å². The number of rotatable bonds is 1. The highest BCUT2D eigenvalue weighted by molar-refractivity contribution is 5.75. The molecule has 1 heterocycles. The molecule has 2 bridgehead atoms. The predicted molar refractivity (Wildman–Crippen MR) is 66.6 cm³/mol. The Kier molecular flexibility index (Phi) is 1.41. The first-order valence-electron chi connectivity index (χ1n) is 6.86. The van der Waals surface area contributed by atoms with Crippen molar-refractivity contribution in [1.29, 1.82) is 0 Å². The quantitative estimate of drug-likeness (QED) is 0.791. The van der Waals surface area contributed by atoms with E-state index in [1.54, 1.807) is 0 Å². The van der Waals surface area contributed by atoms with E-state index in [2.05, 4.69) is 29.2 Å². The van der Waals surface area contributed by atoms with E-state index >= 15 is 0 Å². The minimum atomic E-state index is 0.772. The van der Waals surface area contributed by atoms with Gasteiger partial charge in [0.05, 0.1) is 11.0 Å². The van der Waals surface area contributed by atoms with Gasteiger partial charge < -0.3 is 4.98 Å². The fourth-order valence-corrected chi connectivity index (χ4v) is 4.82. The van der Waals surface area contributed by atoms with Crippen LogP contribution in [-0.2, 0) is 0 Å². The maximum absolute atomic E-state index is 4.80. The van der Waals surface area contributed by atoms with E-state index in [1.807, 2.05) is 0 Å². The van der Waals surface area contributed by atoms with Gasteiger partial charge in [0.1, 0.15) is 5.82 Å². The number of H-pyrrole nitrogens is 1. The molecule has 5 rings (SSSR count). The third-order valence-corrected chi connectivity index (χ3v) is 5.46. The summed E-state index contributed by atoms with van der Waals surface area (Å²) in [7, 11) is 0. The van der Waals surface area contributed by atoms with Crippen molar-refractivity contribution >= 4 is 11.0 Å². The first-order chi connectivity index (χ1) is 8.42. The van der Waals surface area contributed by atoms with E-state index in [1.165, 1.54) is 30.6 Å². The number of nitrogens with one attached hydrogen (secondary N) is 1. The van der Waals surface area contributed by atoms with Gasteiger partial charge in [0.2, 0.25) is 0 Å². The number of benzene rings is 1. The van der Waals surface area contributed by atoms with E-state index in [-0.39, 0.29) is 0 Å².